The zero-order chi connectivity index (χ0) is 15.4. The third-order valence-corrected chi connectivity index (χ3v) is 2.91. The molecule has 0 aromatic heterocycles. The van der Waals surface area contributed by atoms with Gasteiger partial charge < -0.3 is 16.4 Å². The molecule has 0 bridgehead atoms. The van der Waals surface area contributed by atoms with Crippen LogP contribution in [0.15, 0.2) is 42.5 Å². The van der Waals surface area contributed by atoms with Crippen LogP contribution in [0.2, 0.25) is 0 Å². The number of rotatable bonds is 2. The number of likely N-dealkylation sites (N-methyl/N-ethyl adjacent to an activating group) is 1. The number of halogens is 1. The van der Waals surface area contributed by atoms with Crippen molar-refractivity contribution in [3.8, 4) is 11.1 Å². The number of carbonyl (C=O) groups is 2. The minimum Gasteiger partial charge on any atom is -0.397 e. The highest BCUT2D eigenvalue weighted by Crippen LogP contribution is 2.27. The Kier molecular flexibility index (Phi) is 4.18. The summed E-state index contributed by atoms with van der Waals surface area (Å²) in [4.78, 5) is 22.8. The van der Waals surface area contributed by atoms with Crippen LogP contribution in [0.4, 0.5) is 15.8 Å². The van der Waals surface area contributed by atoms with Crippen LogP contribution in [-0.4, -0.2) is 18.9 Å². The first-order valence-electron chi connectivity index (χ1n) is 6.20. The molecule has 0 heterocycles. The van der Waals surface area contributed by atoms with Gasteiger partial charge in [0.25, 0.3) is 0 Å². The van der Waals surface area contributed by atoms with Crippen LogP contribution in [0.1, 0.15) is 0 Å². The summed E-state index contributed by atoms with van der Waals surface area (Å²) in [7, 11) is 1.36. The number of nitrogen functional groups attached to an aromatic ring is 1. The number of hydrogen-bond donors (Lipinski definition) is 3. The highest BCUT2D eigenvalue weighted by Gasteiger charge is 2.13. The summed E-state index contributed by atoms with van der Waals surface area (Å²) >= 11 is 0. The molecule has 0 atom stereocenters. The van der Waals surface area contributed by atoms with Crippen LogP contribution in [0.5, 0.6) is 0 Å². The molecule has 0 aliphatic carbocycles. The van der Waals surface area contributed by atoms with Crippen molar-refractivity contribution >= 4 is 23.2 Å². The van der Waals surface area contributed by atoms with Gasteiger partial charge in [0, 0.05) is 7.05 Å². The van der Waals surface area contributed by atoms with Crippen LogP contribution >= 0.6 is 0 Å². The summed E-state index contributed by atoms with van der Waals surface area (Å²) in [5.41, 5.74) is 7.95. The number of amides is 2. The molecule has 108 valence electrons. The fourth-order valence-corrected chi connectivity index (χ4v) is 1.78. The molecule has 2 aromatic rings. The van der Waals surface area contributed by atoms with Gasteiger partial charge in [-0.1, -0.05) is 18.2 Å². The Labute approximate surface area is 121 Å². The number of nitrogens with two attached hydrogens (primary N) is 1. The number of anilines is 2. The van der Waals surface area contributed by atoms with Crippen molar-refractivity contribution in [1.29, 1.82) is 0 Å². The quantitative estimate of drug-likeness (QED) is 0.581. The molecule has 0 saturated carbocycles. The third kappa shape index (κ3) is 3.36. The van der Waals surface area contributed by atoms with Crippen molar-refractivity contribution < 1.29 is 14.0 Å². The summed E-state index contributed by atoms with van der Waals surface area (Å²) in [5, 5.41) is 4.66. The fourth-order valence-electron chi connectivity index (χ4n) is 1.78. The predicted molar refractivity (Wildman–Crippen MR) is 78.9 cm³/mol. The Hall–Kier alpha value is -2.89. The second-order valence-electron chi connectivity index (χ2n) is 4.34. The molecule has 0 spiro atoms. The lowest BCUT2D eigenvalue weighted by Crippen LogP contribution is -2.32. The summed E-state index contributed by atoms with van der Waals surface area (Å²) in [6.45, 7) is 0. The first-order valence-corrected chi connectivity index (χ1v) is 6.20. The topological polar surface area (TPSA) is 84.2 Å². The molecule has 5 nitrogen and oxygen atoms in total. The first-order chi connectivity index (χ1) is 10.0. The van der Waals surface area contributed by atoms with E-state index in [0.717, 1.165) is 11.1 Å². The van der Waals surface area contributed by atoms with Gasteiger partial charge in [0.2, 0.25) is 0 Å². The highest BCUT2D eigenvalue weighted by atomic mass is 19.1. The SMILES string of the molecule is CNC(=O)C(=O)Nc1cc(-c2ccc(F)cc2)ccc1N. The lowest BCUT2D eigenvalue weighted by atomic mass is 10.0. The second kappa shape index (κ2) is 6.04. The Balaban J connectivity index is 2.31. The van der Waals surface area contributed by atoms with E-state index in [1.54, 1.807) is 30.3 Å². The monoisotopic (exact) mass is 287 g/mol. The van der Waals surface area contributed by atoms with Gasteiger partial charge in [0.05, 0.1) is 11.4 Å². The Morgan fingerprint density at radius 1 is 1.00 bits per heavy atom. The molecular weight excluding hydrogens is 273 g/mol. The summed E-state index contributed by atoms with van der Waals surface area (Å²) in [5.74, 6) is -1.90. The van der Waals surface area contributed by atoms with Crippen molar-refractivity contribution in [3.05, 3.63) is 48.3 Å². The Bertz CT molecular complexity index is 684. The van der Waals surface area contributed by atoms with E-state index in [-0.39, 0.29) is 5.82 Å². The molecule has 0 unspecified atom stereocenters. The molecule has 0 aliphatic heterocycles. The van der Waals surface area contributed by atoms with E-state index in [2.05, 4.69) is 10.6 Å². The van der Waals surface area contributed by atoms with Gasteiger partial charge in [-0.05, 0) is 35.4 Å². The highest BCUT2D eigenvalue weighted by molar-refractivity contribution is 6.39. The Morgan fingerprint density at radius 3 is 2.24 bits per heavy atom. The fraction of sp³-hybridized carbons (Fsp3) is 0.0667. The van der Waals surface area contributed by atoms with Crippen molar-refractivity contribution in [2.24, 2.45) is 0 Å². The van der Waals surface area contributed by atoms with Crippen LogP contribution in [0.25, 0.3) is 11.1 Å². The zero-order valence-electron chi connectivity index (χ0n) is 11.3. The van der Waals surface area contributed by atoms with Crippen LogP contribution in [-0.2, 0) is 9.59 Å². The molecule has 0 fully saturated rings. The predicted octanol–water partition coefficient (Wildman–Crippen LogP) is 1.76. The molecular formula is C15H14FN3O2. The van der Waals surface area contributed by atoms with Crippen LogP contribution < -0.4 is 16.4 Å². The molecule has 4 N–H and O–H groups in total. The second-order valence-corrected chi connectivity index (χ2v) is 4.34. The average Bonchev–Trinajstić information content (AvgIpc) is 2.49. The number of carbonyl (C=O) groups excluding carboxylic acids is 2. The van der Waals surface area contributed by atoms with E-state index in [1.165, 1.54) is 19.2 Å². The van der Waals surface area contributed by atoms with Gasteiger partial charge in [0.15, 0.2) is 0 Å². The maximum absolute atomic E-state index is 12.9. The molecule has 0 saturated heterocycles. The lowest BCUT2D eigenvalue weighted by Gasteiger charge is -2.10. The molecule has 2 amide bonds. The summed E-state index contributed by atoms with van der Waals surface area (Å²) in [6.07, 6.45) is 0. The average molecular weight is 287 g/mol. The van der Waals surface area contributed by atoms with E-state index in [4.69, 9.17) is 5.73 Å². The van der Waals surface area contributed by atoms with Gasteiger partial charge in [-0.3, -0.25) is 9.59 Å². The number of hydrogen-bond acceptors (Lipinski definition) is 3. The van der Waals surface area contributed by atoms with E-state index in [1.807, 2.05) is 0 Å². The molecule has 0 radical (unpaired) electrons. The van der Waals surface area contributed by atoms with Crippen LogP contribution in [0, 0.1) is 5.82 Å². The van der Waals surface area contributed by atoms with Gasteiger partial charge >= 0.3 is 11.8 Å². The van der Waals surface area contributed by atoms with Gasteiger partial charge in [-0.15, -0.1) is 0 Å². The largest absolute Gasteiger partial charge is 0.397 e. The maximum atomic E-state index is 12.9. The summed E-state index contributed by atoms with van der Waals surface area (Å²) in [6, 6.07) is 10.9. The zero-order valence-corrected chi connectivity index (χ0v) is 11.3. The maximum Gasteiger partial charge on any atom is 0.313 e. The molecule has 6 heteroatoms. The van der Waals surface area contributed by atoms with Crippen molar-refractivity contribution in [2.75, 3.05) is 18.1 Å². The van der Waals surface area contributed by atoms with E-state index in [9.17, 15) is 14.0 Å². The first kappa shape index (κ1) is 14.5. The van der Waals surface area contributed by atoms with Gasteiger partial charge in [-0.2, -0.15) is 0 Å². The van der Waals surface area contributed by atoms with Crippen molar-refractivity contribution in [1.82, 2.24) is 5.32 Å². The number of nitrogens with one attached hydrogen (secondary N) is 2. The molecule has 0 aliphatic rings. The molecule has 2 aromatic carbocycles. The third-order valence-electron chi connectivity index (χ3n) is 2.91. The summed E-state index contributed by atoms with van der Waals surface area (Å²) < 4.78 is 12.9. The van der Waals surface area contributed by atoms with E-state index < -0.39 is 11.8 Å². The minimum absolute atomic E-state index is 0.324. The van der Waals surface area contributed by atoms with Crippen molar-refractivity contribution in [3.63, 3.8) is 0 Å². The normalized spacial score (nSPS) is 10.0. The van der Waals surface area contributed by atoms with E-state index >= 15 is 0 Å². The lowest BCUT2D eigenvalue weighted by molar-refractivity contribution is -0.135. The standard InChI is InChI=1S/C15H14FN3O2/c1-18-14(20)15(21)19-13-8-10(4-7-12(13)17)9-2-5-11(16)6-3-9/h2-8H,17H2,1H3,(H,18,20)(H,19,21). The Morgan fingerprint density at radius 2 is 1.62 bits per heavy atom. The van der Waals surface area contributed by atoms with Gasteiger partial charge in [0.1, 0.15) is 5.82 Å². The molecule has 2 rings (SSSR count). The van der Waals surface area contributed by atoms with Crippen LogP contribution in [0.3, 0.4) is 0 Å². The van der Waals surface area contributed by atoms with Gasteiger partial charge in [-0.25, -0.2) is 4.39 Å². The smallest absolute Gasteiger partial charge is 0.313 e. The minimum atomic E-state index is -0.805. The van der Waals surface area contributed by atoms with Crippen molar-refractivity contribution in [2.45, 2.75) is 0 Å². The van der Waals surface area contributed by atoms with E-state index in [0.29, 0.717) is 11.4 Å². The number of benzene rings is 2. The molecule has 21 heavy (non-hydrogen) atoms.